The highest BCUT2D eigenvalue weighted by atomic mass is 16.5. The predicted octanol–water partition coefficient (Wildman–Crippen LogP) is 4.69. The second kappa shape index (κ2) is 5.53. The standard InChI is InChI=1S/C16H17O/c1-13(2)11-14-7-6-10-16(12-14)17-15-8-4-3-5-9-15/h3-13H,1-2H3. The predicted molar refractivity (Wildman–Crippen MR) is 71.2 cm³/mol. The summed E-state index contributed by atoms with van der Waals surface area (Å²) in [5.74, 6) is 2.29. The van der Waals surface area contributed by atoms with Crippen LogP contribution >= 0.6 is 0 Å². The van der Waals surface area contributed by atoms with E-state index in [1.165, 1.54) is 5.56 Å². The van der Waals surface area contributed by atoms with Crippen molar-refractivity contribution in [2.75, 3.05) is 0 Å². The molecule has 0 amide bonds. The van der Waals surface area contributed by atoms with Crippen molar-refractivity contribution < 1.29 is 4.74 Å². The Morgan fingerprint density at radius 2 is 1.59 bits per heavy atom. The Balaban J connectivity index is 2.11. The molecule has 17 heavy (non-hydrogen) atoms. The molecular weight excluding hydrogens is 208 g/mol. The number of benzene rings is 2. The lowest BCUT2D eigenvalue weighted by atomic mass is 10.0. The van der Waals surface area contributed by atoms with Gasteiger partial charge in [0.1, 0.15) is 11.5 Å². The highest BCUT2D eigenvalue weighted by Crippen LogP contribution is 2.23. The minimum atomic E-state index is 0.543. The molecule has 0 aromatic heterocycles. The van der Waals surface area contributed by atoms with Crippen molar-refractivity contribution >= 4 is 0 Å². The fourth-order valence-corrected chi connectivity index (χ4v) is 1.69. The number of hydrogen-bond donors (Lipinski definition) is 0. The van der Waals surface area contributed by atoms with E-state index in [1.54, 1.807) is 0 Å². The summed E-state index contributed by atoms with van der Waals surface area (Å²) in [7, 11) is 0. The molecule has 0 aliphatic rings. The molecule has 0 heterocycles. The molecule has 2 aromatic rings. The molecule has 1 heteroatoms. The zero-order chi connectivity index (χ0) is 12.1. The van der Waals surface area contributed by atoms with E-state index in [1.807, 2.05) is 42.5 Å². The summed E-state index contributed by atoms with van der Waals surface area (Å²) in [5.41, 5.74) is 1.20. The van der Waals surface area contributed by atoms with Gasteiger partial charge in [0.2, 0.25) is 0 Å². The molecule has 0 unspecified atom stereocenters. The number of para-hydroxylation sites is 1. The normalized spacial score (nSPS) is 10.5. The highest BCUT2D eigenvalue weighted by Gasteiger charge is 2.01. The van der Waals surface area contributed by atoms with E-state index in [0.717, 1.165) is 11.5 Å². The maximum Gasteiger partial charge on any atom is 0.127 e. The smallest absolute Gasteiger partial charge is 0.127 e. The zero-order valence-corrected chi connectivity index (χ0v) is 10.3. The Bertz CT molecular complexity index is 460. The Hall–Kier alpha value is -1.76. The van der Waals surface area contributed by atoms with E-state index in [0.29, 0.717) is 5.92 Å². The summed E-state index contributed by atoms with van der Waals surface area (Å²) < 4.78 is 5.78. The monoisotopic (exact) mass is 225 g/mol. The Kier molecular flexibility index (Phi) is 3.81. The second-order valence-electron chi connectivity index (χ2n) is 4.40. The van der Waals surface area contributed by atoms with Gasteiger partial charge in [-0.25, -0.2) is 0 Å². The first-order chi connectivity index (χ1) is 8.24. The summed E-state index contributed by atoms with van der Waals surface area (Å²) in [6, 6.07) is 18.0. The maximum atomic E-state index is 5.78. The van der Waals surface area contributed by atoms with Gasteiger partial charge in [-0.05, 0) is 42.2 Å². The summed E-state index contributed by atoms with van der Waals surface area (Å²) in [4.78, 5) is 0. The van der Waals surface area contributed by atoms with E-state index in [2.05, 4.69) is 32.4 Å². The van der Waals surface area contributed by atoms with Crippen molar-refractivity contribution in [3.63, 3.8) is 0 Å². The molecule has 2 aromatic carbocycles. The Morgan fingerprint density at radius 3 is 2.29 bits per heavy atom. The molecule has 1 nitrogen and oxygen atoms in total. The van der Waals surface area contributed by atoms with Crippen molar-refractivity contribution in [2.24, 2.45) is 5.92 Å². The van der Waals surface area contributed by atoms with Gasteiger partial charge >= 0.3 is 0 Å². The van der Waals surface area contributed by atoms with Gasteiger partial charge in [-0.1, -0.05) is 44.2 Å². The van der Waals surface area contributed by atoms with Crippen molar-refractivity contribution in [1.29, 1.82) is 0 Å². The SMILES string of the molecule is CC(C)[CH]c1cccc(Oc2ccccc2)c1. The largest absolute Gasteiger partial charge is 0.457 e. The molecule has 0 saturated heterocycles. The third-order valence-electron chi connectivity index (χ3n) is 2.36. The van der Waals surface area contributed by atoms with Gasteiger partial charge < -0.3 is 4.74 Å². The van der Waals surface area contributed by atoms with Crippen LogP contribution in [0.2, 0.25) is 0 Å². The number of hydrogen-bond acceptors (Lipinski definition) is 1. The molecule has 1 radical (unpaired) electrons. The van der Waals surface area contributed by atoms with Crippen LogP contribution in [0.15, 0.2) is 54.6 Å². The topological polar surface area (TPSA) is 9.23 Å². The average Bonchev–Trinajstić information content (AvgIpc) is 2.30. The molecule has 0 aliphatic heterocycles. The molecule has 87 valence electrons. The quantitative estimate of drug-likeness (QED) is 0.733. The van der Waals surface area contributed by atoms with Crippen LogP contribution in [-0.2, 0) is 0 Å². The first-order valence-corrected chi connectivity index (χ1v) is 5.92. The lowest BCUT2D eigenvalue weighted by Crippen LogP contribution is -1.91. The van der Waals surface area contributed by atoms with Gasteiger partial charge in [-0.2, -0.15) is 0 Å². The molecule has 0 atom stereocenters. The van der Waals surface area contributed by atoms with Crippen LogP contribution in [0.4, 0.5) is 0 Å². The summed E-state index contributed by atoms with van der Waals surface area (Å²) in [6.07, 6.45) is 2.22. The van der Waals surface area contributed by atoms with Gasteiger partial charge in [0.15, 0.2) is 0 Å². The summed E-state index contributed by atoms with van der Waals surface area (Å²) >= 11 is 0. The number of rotatable bonds is 4. The lowest BCUT2D eigenvalue weighted by Gasteiger charge is -2.08. The lowest BCUT2D eigenvalue weighted by molar-refractivity contribution is 0.482. The average molecular weight is 225 g/mol. The fourth-order valence-electron chi connectivity index (χ4n) is 1.69. The molecule has 0 aliphatic carbocycles. The van der Waals surface area contributed by atoms with Crippen molar-refractivity contribution in [1.82, 2.24) is 0 Å². The van der Waals surface area contributed by atoms with Gasteiger partial charge in [-0.3, -0.25) is 0 Å². The summed E-state index contributed by atoms with van der Waals surface area (Å²) in [6.45, 7) is 4.34. The van der Waals surface area contributed by atoms with Crippen LogP contribution in [0.5, 0.6) is 11.5 Å². The maximum absolute atomic E-state index is 5.78. The van der Waals surface area contributed by atoms with Crippen molar-refractivity contribution in [2.45, 2.75) is 13.8 Å². The van der Waals surface area contributed by atoms with E-state index >= 15 is 0 Å². The van der Waals surface area contributed by atoms with E-state index < -0.39 is 0 Å². The van der Waals surface area contributed by atoms with Gasteiger partial charge in [0, 0.05) is 0 Å². The Labute approximate surface area is 103 Å². The number of ether oxygens (including phenoxy) is 1. The third-order valence-corrected chi connectivity index (χ3v) is 2.36. The van der Waals surface area contributed by atoms with Crippen LogP contribution in [0.3, 0.4) is 0 Å². The van der Waals surface area contributed by atoms with Gasteiger partial charge in [0.05, 0.1) is 0 Å². The molecule has 0 saturated carbocycles. The van der Waals surface area contributed by atoms with Gasteiger partial charge in [0.25, 0.3) is 0 Å². The van der Waals surface area contributed by atoms with Crippen LogP contribution in [0.1, 0.15) is 19.4 Å². The fraction of sp³-hybridized carbons (Fsp3) is 0.188. The zero-order valence-electron chi connectivity index (χ0n) is 10.3. The third kappa shape index (κ3) is 3.63. The van der Waals surface area contributed by atoms with Crippen molar-refractivity contribution in [3.05, 3.63) is 66.6 Å². The molecule has 0 bridgehead atoms. The van der Waals surface area contributed by atoms with Crippen LogP contribution in [-0.4, -0.2) is 0 Å². The minimum Gasteiger partial charge on any atom is -0.457 e. The first-order valence-electron chi connectivity index (χ1n) is 5.92. The van der Waals surface area contributed by atoms with Crippen LogP contribution < -0.4 is 4.74 Å². The second-order valence-corrected chi connectivity index (χ2v) is 4.40. The first kappa shape index (κ1) is 11.7. The van der Waals surface area contributed by atoms with Gasteiger partial charge in [-0.15, -0.1) is 0 Å². The van der Waals surface area contributed by atoms with E-state index in [4.69, 9.17) is 4.74 Å². The van der Waals surface area contributed by atoms with Crippen LogP contribution in [0, 0.1) is 12.3 Å². The molecule has 2 rings (SSSR count). The Morgan fingerprint density at radius 1 is 0.882 bits per heavy atom. The molecule has 0 spiro atoms. The highest BCUT2D eigenvalue weighted by molar-refractivity contribution is 5.36. The molecule has 0 fully saturated rings. The van der Waals surface area contributed by atoms with Crippen molar-refractivity contribution in [3.8, 4) is 11.5 Å². The van der Waals surface area contributed by atoms with E-state index in [-0.39, 0.29) is 0 Å². The van der Waals surface area contributed by atoms with E-state index in [9.17, 15) is 0 Å². The van der Waals surface area contributed by atoms with Crippen LogP contribution in [0.25, 0.3) is 0 Å². The summed E-state index contributed by atoms with van der Waals surface area (Å²) in [5, 5.41) is 0. The minimum absolute atomic E-state index is 0.543. The molecular formula is C16H17O. The molecule has 0 N–H and O–H groups in total.